The van der Waals surface area contributed by atoms with Gasteiger partial charge in [0.15, 0.2) is 0 Å². The Morgan fingerprint density at radius 3 is 1.45 bits per heavy atom. The van der Waals surface area contributed by atoms with E-state index in [1.807, 2.05) is 0 Å². The Bertz CT molecular complexity index is 2040. The molecule has 2 aliphatic heterocycles. The molecule has 1 N–H and O–H groups in total. The largest absolute Gasteiger partial charge is 0.481 e. The number of piperidine rings is 2. The van der Waals surface area contributed by atoms with Gasteiger partial charge in [0.1, 0.15) is 47.3 Å². The number of hydrogen-bond acceptors (Lipinski definition) is 12. The van der Waals surface area contributed by atoms with Crippen molar-refractivity contribution < 1.29 is 57.6 Å². The van der Waals surface area contributed by atoms with Crippen molar-refractivity contribution in [3.8, 4) is 35.7 Å². The van der Waals surface area contributed by atoms with Crippen molar-refractivity contribution in [2.24, 2.45) is 0 Å². The zero-order chi connectivity index (χ0) is 48.3. The summed E-state index contributed by atoms with van der Waals surface area (Å²) in [5.74, 6) is 6.91. The fraction of sp³-hybridized carbons (Fsp3) is 0.521. The van der Waals surface area contributed by atoms with E-state index >= 15 is 0 Å². The Hall–Kier alpha value is -5.41. The van der Waals surface area contributed by atoms with E-state index in [0.717, 1.165) is 6.42 Å². The summed E-state index contributed by atoms with van der Waals surface area (Å²) in [4.78, 5) is 85.7. The number of terminal acetylenes is 1. The minimum Gasteiger partial charge on any atom is -0.481 e. The van der Waals surface area contributed by atoms with Gasteiger partial charge in [-0.2, -0.15) is 9.80 Å². The van der Waals surface area contributed by atoms with Crippen LogP contribution in [0.25, 0.3) is 0 Å². The third kappa shape index (κ3) is 19.1. The van der Waals surface area contributed by atoms with Crippen LogP contribution in [0.2, 0.25) is 0 Å². The molecule has 6 amide bonds. The number of halogens is 2. The number of likely N-dealkylation sites (tertiary alicyclic amines) is 2. The first-order valence-corrected chi connectivity index (χ1v) is 21.9. The molecule has 348 valence electrons. The average Bonchev–Trinajstić information content (AvgIpc) is 3.20. The number of carbonyl (C=O) groups is 7. The number of alkyl halides is 2. The lowest BCUT2D eigenvalue weighted by atomic mass is 9.89. The van der Waals surface area contributed by atoms with E-state index in [1.165, 1.54) is 0 Å². The summed E-state index contributed by atoms with van der Waals surface area (Å²) in [7, 11) is 0. The molecular weight excluding hydrogens is 867 g/mol. The first-order chi connectivity index (χ1) is 29.9. The molecule has 16 heteroatoms. The molecular formula is C48H60Cl2N2O12. The lowest BCUT2D eigenvalue weighted by molar-refractivity contribution is -0.149. The number of hydrogen-bond donors (Lipinski definition) is 1. The van der Waals surface area contributed by atoms with Gasteiger partial charge in [-0.25, -0.2) is 9.59 Å². The molecule has 14 nitrogen and oxygen atoms in total. The van der Waals surface area contributed by atoms with Gasteiger partial charge in [0.05, 0.1) is 11.8 Å². The predicted molar refractivity (Wildman–Crippen MR) is 242 cm³/mol. The van der Waals surface area contributed by atoms with Crippen molar-refractivity contribution in [1.29, 1.82) is 0 Å². The van der Waals surface area contributed by atoms with E-state index in [4.69, 9.17) is 48.6 Å². The van der Waals surface area contributed by atoms with Gasteiger partial charge in [-0.1, -0.05) is 42.0 Å². The summed E-state index contributed by atoms with van der Waals surface area (Å²) < 4.78 is 21.2. The summed E-state index contributed by atoms with van der Waals surface area (Å²) in [6.45, 7) is 13.5. The van der Waals surface area contributed by atoms with Crippen LogP contribution in [0.3, 0.4) is 0 Å². The molecule has 64 heavy (non-hydrogen) atoms. The maximum Gasteiger partial charge on any atom is 0.424 e. The minimum absolute atomic E-state index is 0.0765. The number of amides is 6. The van der Waals surface area contributed by atoms with Crippen LogP contribution >= 0.6 is 23.2 Å². The smallest absolute Gasteiger partial charge is 0.424 e. The van der Waals surface area contributed by atoms with E-state index < -0.39 is 64.5 Å². The first kappa shape index (κ1) is 54.7. The molecule has 3 atom stereocenters. The Balaban J connectivity index is 0.000000391. The highest BCUT2D eigenvalue weighted by Crippen LogP contribution is 2.32. The fourth-order valence-corrected chi connectivity index (χ4v) is 6.30. The highest BCUT2D eigenvalue weighted by Gasteiger charge is 2.42. The van der Waals surface area contributed by atoms with Gasteiger partial charge in [0.2, 0.25) is 23.6 Å². The maximum absolute atomic E-state index is 12.9. The van der Waals surface area contributed by atoms with Crippen molar-refractivity contribution in [3.05, 3.63) is 59.7 Å². The van der Waals surface area contributed by atoms with Crippen LogP contribution in [-0.2, 0) is 33.4 Å². The Kier molecular flexibility index (Phi) is 22.0. The number of Topliss-reactive ketones (excluding diaryl/α,β-unsaturated/α-hetero) is 1. The molecule has 2 aromatic carbocycles. The van der Waals surface area contributed by atoms with Crippen molar-refractivity contribution in [2.75, 3.05) is 25.0 Å². The van der Waals surface area contributed by atoms with E-state index in [9.17, 15) is 38.7 Å². The lowest BCUT2D eigenvalue weighted by Crippen LogP contribution is -2.49. The molecule has 2 aliphatic rings. The fourth-order valence-electron chi connectivity index (χ4n) is 6.03. The molecule has 0 bridgehead atoms. The number of benzene rings is 2. The summed E-state index contributed by atoms with van der Waals surface area (Å²) in [6.07, 6.45) is 6.71. The van der Waals surface area contributed by atoms with Gasteiger partial charge >= 0.3 is 12.2 Å². The standard InChI is InChI=1S/C24H30ClNO6.C19H21NO5.C5H9ClO/c1-23(2,3)32-22(29)26-20(27)12-11-19(21(26)28)17-7-9-18(10-8-17)31-16-6-14-24(4,30)13-5-15-25;1-5-12-24-14-8-6-13(7-9-14)15-10-11-16(21)20(17(15)22)18(23)25-19(2,3)4;1-5(7)3-2-4-6/h7-10,19,30H,5,11-13,15-16H2,1-4H3;1,6-9,15H,10-12H2,2-4H3;2-4H2,1H3. The third-order valence-corrected chi connectivity index (χ3v) is 9.53. The lowest BCUT2D eigenvalue weighted by Gasteiger charge is -2.31. The molecule has 2 saturated heterocycles. The van der Waals surface area contributed by atoms with Crippen LogP contribution in [0, 0.1) is 24.2 Å². The molecule has 0 saturated carbocycles. The number of ketones is 1. The Morgan fingerprint density at radius 1 is 0.703 bits per heavy atom. The predicted octanol–water partition coefficient (Wildman–Crippen LogP) is 8.47. The monoisotopic (exact) mass is 926 g/mol. The minimum atomic E-state index is -1.11. The zero-order valence-corrected chi connectivity index (χ0v) is 39.4. The summed E-state index contributed by atoms with van der Waals surface area (Å²) in [5, 5.41) is 10.1. The van der Waals surface area contributed by atoms with E-state index in [-0.39, 0.29) is 31.8 Å². The van der Waals surface area contributed by atoms with Crippen LogP contribution < -0.4 is 9.47 Å². The third-order valence-electron chi connectivity index (χ3n) is 9.00. The van der Waals surface area contributed by atoms with Crippen molar-refractivity contribution in [3.63, 3.8) is 0 Å². The highest BCUT2D eigenvalue weighted by molar-refractivity contribution is 6.18. The van der Waals surface area contributed by atoms with Crippen molar-refractivity contribution in [1.82, 2.24) is 9.80 Å². The van der Waals surface area contributed by atoms with Gasteiger partial charge in [0.25, 0.3) is 0 Å². The van der Waals surface area contributed by atoms with Crippen LogP contribution in [0.4, 0.5) is 9.59 Å². The molecule has 0 radical (unpaired) electrons. The van der Waals surface area contributed by atoms with Gasteiger partial charge in [-0.3, -0.25) is 19.2 Å². The van der Waals surface area contributed by atoms with Crippen LogP contribution in [0.1, 0.15) is 130 Å². The number of imide groups is 6. The summed E-state index contributed by atoms with van der Waals surface area (Å²) >= 11 is 10.9. The molecule has 4 rings (SSSR count). The Labute approximate surface area is 386 Å². The molecule has 3 unspecified atom stereocenters. The van der Waals surface area contributed by atoms with Crippen LogP contribution in [0.15, 0.2) is 48.5 Å². The second kappa shape index (κ2) is 25.8. The second-order valence-corrected chi connectivity index (χ2v) is 17.8. The molecule has 0 aliphatic carbocycles. The van der Waals surface area contributed by atoms with Crippen LogP contribution in [0.5, 0.6) is 11.5 Å². The highest BCUT2D eigenvalue weighted by atomic mass is 35.5. The average molecular weight is 928 g/mol. The van der Waals surface area contributed by atoms with E-state index in [2.05, 4.69) is 17.8 Å². The van der Waals surface area contributed by atoms with E-state index in [1.54, 1.807) is 104 Å². The zero-order valence-electron chi connectivity index (χ0n) is 37.9. The number of rotatable bonds is 12. The maximum atomic E-state index is 12.9. The van der Waals surface area contributed by atoms with Gasteiger partial charge in [-0.05, 0) is 123 Å². The van der Waals surface area contributed by atoms with Crippen molar-refractivity contribution in [2.45, 2.75) is 135 Å². The number of aliphatic hydroxyl groups is 1. The van der Waals surface area contributed by atoms with Gasteiger partial charge < -0.3 is 28.8 Å². The van der Waals surface area contributed by atoms with Crippen LogP contribution in [-0.4, -0.2) is 98.3 Å². The normalized spacial score (nSPS) is 17.2. The Morgan fingerprint density at radius 2 is 1.11 bits per heavy atom. The quantitative estimate of drug-likeness (QED) is 0.122. The molecule has 0 spiro atoms. The summed E-state index contributed by atoms with van der Waals surface area (Å²) in [6, 6.07) is 13.7. The molecule has 2 fully saturated rings. The van der Waals surface area contributed by atoms with Gasteiger partial charge in [0, 0.05) is 31.0 Å². The number of carbonyl (C=O) groups excluding carboxylic acids is 7. The van der Waals surface area contributed by atoms with E-state index in [0.29, 0.717) is 76.3 Å². The second-order valence-electron chi connectivity index (χ2n) is 17.1. The number of nitrogens with zero attached hydrogens (tertiary/aromatic N) is 2. The molecule has 2 heterocycles. The molecule has 2 aromatic rings. The topological polar surface area (TPSA) is 183 Å². The first-order valence-electron chi connectivity index (χ1n) is 20.9. The van der Waals surface area contributed by atoms with Gasteiger partial charge in [-0.15, -0.1) is 29.6 Å². The molecule has 0 aromatic heterocycles. The number of ether oxygens (including phenoxy) is 4. The van der Waals surface area contributed by atoms with Crippen molar-refractivity contribution >= 4 is 64.8 Å². The SMILES string of the molecule is C#CCOc1ccc(C2CCC(=O)N(C(=O)OC(C)(C)C)C2=O)cc1.CC(=O)CCCCl.CC(O)(C#CCOc1ccc(C2CCC(=O)N(C(=O)OC(C)(C)C)C2=O)cc1)CCCCl. The summed E-state index contributed by atoms with van der Waals surface area (Å²) in [5.41, 5.74) is -1.33.